The van der Waals surface area contributed by atoms with Gasteiger partial charge in [-0.15, -0.1) is 0 Å². The summed E-state index contributed by atoms with van der Waals surface area (Å²) in [4.78, 5) is 22.9. The molecule has 0 atom stereocenters. The molecule has 1 heterocycles. The lowest BCUT2D eigenvalue weighted by molar-refractivity contribution is -0.384. The topological polar surface area (TPSA) is 109 Å². The number of nitro benzene ring substituents is 1. The van der Waals surface area contributed by atoms with Gasteiger partial charge in [0.25, 0.3) is 11.6 Å². The van der Waals surface area contributed by atoms with Crippen LogP contribution in [0.4, 0.5) is 5.69 Å². The smallest absolute Gasteiger partial charge is 0.269 e. The number of hydrogen-bond acceptors (Lipinski definition) is 6. The van der Waals surface area contributed by atoms with E-state index in [0.717, 1.165) is 5.56 Å². The molecule has 0 bridgehead atoms. The highest BCUT2D eigenvalue weighted by Gasteiger charge is 2.15. The van der Waals surface area contributed by atoms with Crippen molar-refractivity contribution in [1.29, 1.82) is 0 Å². The van der Waals surface area contributed by atoms with E-state index in [2.05, 4.69) is 10.4 Å². The molecule has 30 heavy (non-hydrogen) atoms. The van der Waals surface area contributed by atoms with Gasteiger partial charge in [0.05, 0.1) is 24.8 Å². The van der Waals surface area contributed by atoms with Gasteiger partial charge in [0.15, 0.2) is 11.5 Å². The van der Waals surface area contributed by atoms with Crippen molar-refractivity contribution in [2.45, 2.75) is 6.42 Å². The van der Waals surface area contributed by atoms with Gasteiger partial charge in [-0.1, -0.05) is 6.07 Å². The zero-order valence-electron chi connectivity index (χ0n) is 16.9. The maximum Gasteiger partial charge on any atom is 0.269 e. The van der Waals surface area contributed by atoms with Crippen LogP contribution in [0.3, 0.4) is 0 Å². The molecule has 3 aromatic rings. The Morgan fingerprint density at radius 1 is 1.10 bits per heavy atom. The Balaban J connectivity index is 1.64. The maximum absolute atomic E-state index is 12.6. The second-order valence-electron chi connectivity index (χ2n) is 6.54. The summed E-state index contributed by atoms with van der Waals surface area (Å²) < 4.78 is 12.0. The molecule has 9 heteroatoms. The predicted octanol–water partition coefficient (Wildman–Crippen LogP) is 2.99. The number of rotatable bonds is 8. The van der Waals surface area contributed by atoms with E-state index in [1.165, 1.54) is 16.8 Å². The monoisotopic (exact) mass is 410 g/mol. The first-order chi connectivity index (χ1) is 14.4. The first-order valence-electron chi connectivity index (χ1n) is 9.21. The molecule has 0 fully saturated rings. The minimum atomic E-state index is -0.459. The van der Waals surface area contributed by atoms with Crippen molar-refractivity contribution in [3.05, 3.63) is 69.9 Å². The summed E-state index contributed by atoms with van der Waals surface area (Å²) in [6.07, 6.45) is 0.624. The molecular weight excluding hydrogens is 388 g/mol. The molecule has 3 rings (SSSR count). The van der Waals surface area contributed by atoms with Crippen LogP contribution in [0.25, 0.3) is 11.3 Å². The lowest BCUT2D eigenvalue weighted by Gasteiger charge is -2.10. The highest BCUT2D eigenvalue weighted by Crippen LogP contribution is 2.27. The SMILES string of the molecule is COc1ccc(CCNC(=O)c2cc(-c3ccc([N+](=O)[O-])cc3)nn2C)cc1OC. The van der Waals surface area contributed by atoms with Gasteiger partial charge in [0.2, 0.25) is 0 Å². The van der Waals surface area contributed by atoms with Crippen LogP contribution >= 0.6 is 0 Å². The molecule has 0 spiro atoms. The fraction of sp³-hybridized carbons (Fsp3) is 0.238. The molecule has 2 aromatic carbocycles. The molecule has 156 valence electrons. The van der Waals surface area contributed by atoms with Crippen molar-refractivity contribution >= 4 is 11.6 Å². The van der Waals surface area contributed by atoms with E-state index in [4.69, 9.17) is 9.47 Å². The molecule has 0 aliphatic rings. The Morgan fingerprint density at radius 3 is 2.43 bits per heavy atom. The standard InChI is InChI=1S/C21H22N4O5/c1-24-18(13-17(23-24)15-5-7-16(8-6-15)25(27)28)21(26)22-11-10-14-4-9-19(29-2)20(12-14)30-3/h4-9,12-13H,10-11H2,1-3H3,(H,22,26). The lowest BCUT2D eigenvalue weighted by atomic mass is 10.1. The van der Waals surface area contributed by atoms with Crippen molar-refractivity contribution in [3.63, 3.8) is 0 Å². The van der Waals surface area contributed by atoms with Crippen LogP contribution in [0.2, 0.25) is 0 Å². The molecule has 0 aliphatic carbocycles. The number of methoxy groups -OCH3 is 2. The zero-order valence-corrected chi connectivity index (χ0v) is 16.9. The normalized spacial score (nSPS) is 10.5. The zero-order chi connectivity index (χ0) is 21.7. The summed E-state index contributed by atoms with van der Waals surface area (Å²) >= 11 is 0. The van der Waals surface area contributed by atoms with Crippen molar-refractivity contribution in [2.24, 2.45) is 7.05 Å². The van der Waals surface area contributed by atoms with Crippen molar-refractivity contribution in [2.75, 3.05) is 20.8 Å². The van der Waals surface area contributed by atoms with Crippen molar-refractivity contribution in [3.8, 4) is 22.8 Å². The Labute approximate surface area is 173 Å². The summed E-state index contributed by atoms with van der Waals surface area (Å²) in [5, 5.41) is 18.0. The van der Waals surface area contributed by atoms with Crippen molar-refractivity contribution in [1.82, 2.24) is 15.1 Å². The van der Waals surface area contributed by atoms with Gasteiger partial charge in [-0.3, -0.25) is 19.6 Å². The number of carbonyl (C=O) groups excluding carboxylic acids is 1. The summed E-state index contributed by atoms with van der Waals surface area (Å²) in [5.41, 5.74) is 2.67. The van der Waals surface area contributed by atoms with Crippen molar-refractivity contribution < 1.29 is 19.2 Å². The molecule has 0 saturated carbocycles. The Kier molecular flexibility index (Phi) is 6.31. The summed E-state index contributed by atoms with van der Waals surface area (Å²) in [6.45, 7) is 0.437. The molecule has 9 nitrogen and oxygen atoms in total. The van der Waals surface area contributed by atoms with Crippen LogP contribution in [0.1, 0.15) is 16.1 Å². The number of nitrogens with one attached hydrogen (secondary N) is 1. The molecule has 0 unspecified atom stereocenters. The second kappa shape index (κ2) is 9.08. The van der Waals surface area contributed by atoms with Crippen LogP contribution in [0.15, 0.2) is 48.5 Å². The fourth-order valence-corrected chi connectivity index (χ4v) is 3.02. The molecule has 0 aliphatic heterocycles. The minimum absolute atomic E-state index is 0.00260. The Hall–Kier alpha value is -3.88. The molecule has 1 aromatic heterocycles. The fourth-order valence-electron chi connectivity index (χ4n) is 3.02. The number of nitro groups is 1. The number of aromatic nitrogens is 2. The maximum atomic E-state index is 12.6. The number of benzene rings is 2. The van der Waals surface area contributed by atoms with E-state index in [9.17, 15) is 14.9 Å². The highest BCUT2D eigenvalue weighted by molar-refractivity contribution is 5.93. The van der Waals surface area contributed by atoms with Crippen LogP contribution in [0, 0.1) is 10.1 Å². The second-order valence-corrected chi connectivity index (χ2v) is 6.54. The van der Waals surface area contributed by atoms with Gasteiger partial charge in [-0.05, 0) is 42.3 Å². The number of nitrogens with zero attached hydrogens (tertiary/aromatic N) is 3. The average Bonchev–Trinajstić information content (AvgIpc) is 3.15. The van der Waals surface area contributed by atoms with E-state index in [1.807, 2.05) is 18.2 Å². The van der Waals surface area contributed by atoms with Crippen LogP contribution in [-0.2, 0) is 13.5 Å². The largest absolute Gasteiger partial charge is 0.493 e. The van der Waals surface area contributed by atoms with Gasteiger partial charge < -0.3 is 14.8 Å². The Bertz CT molecular complexity index is 1060. The minimum Gasteiger partial charge on any atom is -0.493 e. The van der Waals surface area contributed by atoms with Crippen LogP contribution in [-0.4, -0.2) is 41.4 Å². The van der Waals surface area contributed by atoms with Gasteiger partial charge >= 0.3 is 0 Å². The number of ether oxygens (including phenoxy) is 2. The van der Waals surface area contributed by atoms with E-state index < -0.39 is 4.92 Å². The van der Waals surface area contributed by atoms with Crippen LogP contribution < -0.4 is 14.8 Å². The number of non-ortho nitro benzene ring substituents is 1. The van der Waals surface area contributed by atoms with E-state index >= 15 is 0 Å². The number of carbonyl (C=O) groups is 1. The van der Waals surface area contributed by atoms with Gasteiger partial charge in [0, 0.05) is 31.3 Å². The highest BCUT2D eigenvalue weighted by atomic mass is 16.6. The lowest BCUT2D eigenvalue weighted by Crippen LogP contribution is -2.27. The molecule has 1 amide bonds. The third kappa shape index (κ3) is 4.57. The molecule has 1 N–H and O–H groups in total. The quantitative estimate of drug-likeness (QED) is 0.452. The van der Waals surface area contributed by atoms with Gasteiger partial charge in [-0.2, -0.15) is 5.10 Å². The summed E-state index contributed by atoms with van der Waals surface area (Å²) in [6, 6.07) is 13.3. The van der Waals surface area contributed by atoms with E-state index in [1.54, 1.807) is 39.5 Å². The summed E-state index contributed by atoms with van der Waals surface area (Å²) in [7, 11) is 4.84. The van der Waals surface area contributed by atoms with E-state index in [0.29, 0.717) is 41.4 Å². The average molecular weight is 410 g/mol. The summed E-state index contributed by atoms with van der Waals surface area (Å²) in [5.74, 6) is 1.04. The Morgan fingerprint density at radius 2 is 1.80 bits per heavy atom. The van der Waals surface area contributed by atoms with Gasteiger partial charge in [0.1, 0.15) is 5.69 Å². The van der Waals surface area contributed by atoms with E-state index in [-0.39, 0.29) is 11.6 Å². The first kappa shape index (κ1) is 20.8. The third-order valence-electron chi connectivity index (χ3n) is 4.63. The van der Waals surface area contributed by atoms with Gasteiger partial charge in [-0.25, -0.2) is 0 Å². The first-order valence-corrected chi connectivity index (χ1v) is 9.21. The van der Waals surface area contributed by atoms with Crippen LogP contribution in [0.5, 0.6) is 11.5 Å². The molecular formula is C21H22N4O5. The predicted molar refractivity (Wildman–Crippen MR) is 111 cm³/mol. The third-order valence-corrected chi connectivity index (χ3v) is 4.63. The number of aryl methyl sites for hydroxylation is 1. The molecule has 0 saturated heterocycles. The number of amides is 1. The number of hydrogen-bond donors (Lipinski definition) is 1. The molecule has 0 radical (unpaired) electrons.